The third kappa shape index (κ3) is 3.73. The molecule has 0 spiro atoms. The molecule has 0 N–H and O–H groups in total. The number of aromatic nitrogens is 2. The highest BCUT2D eigenvalue weighted by molar-refractivity contribution is 7.18. The average molecular weight is 363 g/mol. The Morgan fingerprint density at radius 3 is 2.54 bits per heavy atom. The highest BCUT2D eigenvalue weighted by Crippen LogP contribution is 2.30. The van der Waals surface area contributed by atoms with E-state index >= 15 is 0 Å². The Morgan fingerprint density at radius 1 is 1.15 bits per heavy atom. The maximum Gasteiger partial charge on any atom is 0.260 e. The summed E-state index contributed by atoms with van der Waals surface area (Å²) in [6, 6.07) is 15.6. The zero-order chi connectivity index (χ0) is 18.5. The van der Waals surface area contributed by atoms with Crippen molar-refractivity contribution in [2.75, 3.05) is 11.4 Å². The molecule has 1 aromatic heterocycles. The molecule has 1 amide bonds. The summed E-state index contributed by atoms with van der Waals surface area (Å²) in [5.74, 6) is -0.0327. The van der Waals surface area contributed by atoms with Crippen molar-refractivity contribution in [3.8, 4) is 10.6 Å². The van der Waals surface area contributed by atoms with Crippen molar-refractivity contribution in [3.63, 3.8) is 0 Å². The van der Waals surface area contributed by atoms with Crippen molar-refractivity contribution < 1.29 is 4.79 Å². The van der Waals surface area contributed by atoms with E-state index in [1.807, 2.05) is 62.4 Å². The lowest BCUT2D eigenvalue weighted by Crippen LogP contribution is -2.32. The van der Waals surface area contributed by atoms with Crippen molar-refractivity contribution >= 4 is 28.5 Å². The van der Waals surface area contributed by atoms with Crippen molar-refractivity contribution in [2.45, 2.75) is 20.3 Å². The van der Waals surface area contributed by atoms with Gasteiger partial charge in [-0.25, -0.2) is 0 Å². The van der Waals surface area contributed by atoms with Crippen LogP contribution in [-0.2, 0) is 0 Å². The monoisotopic (exact) mass is 363 g/mol. The van der Waals surface area contributed by atoms with Crippen molar-refractivity contribution in [1.29, 1.82) is 0 Å². The molecule has 26 heavy (non-hydrogen) atoms. The minimum Gasteiger partial charge on any atom is -0.283 e. The van der Waals surface area contributed by atoms with Crippen molar-refractivity contribution in [1.82, 2.24) is 10.2 Å². The number of aryl methyl sites for hydroxylation is 1. The second kappa shape index (κ2) is 8.06. The number of hydrogen-bond donors (Lipinski definition) is 0. The van der Waals surface area contributed by atoms with Crippen LogP contribution >= 0.6 is 11.3 Å². The summed E-state index contributed by atoms with van der Waals surface area (Å²) in [6.45, 7) is 8.37. The van der Waals surface area contributed by atoms with Crippen LogP contribution in [0.1, 0.15) is 34.8 Å². The van der Waals surface area contributed by atoms with Crippen LogP contribution in [0.25, 0.3) is 16.6 Å². The molecule has 0 saturated carbocycles. The van der Waals surface area contributed by atoms with E-state index in [0.29, 0.717) is 17.2 Å². The quantitative estimate of drug-likeness (QED) is 0.604. The maximum atomic E-state index is 13.0. The van der Waals surface area contributed by atoms with Crippen molar-refractivity contribution in [2.24, 2.45) is 0 Å². The van der Waals surface area contributed by atoms with Crippen LogP contribution in [0.2, 0.25) is 0 Å². The molecule has 1 heterocycles. The van der Waals surface area contributed by atoms with Crippen LogP contribution in [0.4, 0.5) is 5.13 Å². The number of rotatable bonds is 6. The van der Waals surface area contributed by atoms with Gasteiger partial charge in [0.1, 0.15) is 5.01 Å². The third-order valence-electron chi connectivity index (χ3n) is 4.11. The van der Waals surface area contributed by atoms with Gasteiger partial charge < -0.3 is 0 Å². The Hall–Kier alpha value is -2.79. The Morgan fingerprint density at radius 2 is 1.88 bits per heavy atom. The van der Waals surface area contributed by atoms with Gasteiger partial charge in [0, 0.05) is 17.7 Å². The molecule has 3 aromatic rings. The predicted octanol–water partition coefficient (Wildman–Crippen LogP) is 5.21. The summed E-state index contributed by atoms with van der Waals surface area (Å²) < 4.78 is 0. The second-order valence-corrected chi connectivity index (χ2v) is 6.94. The normalized spacial score (nSPS) is 10.5. The summed E-state index contributed by atoms with van der Waals surface area (Å²) >= 11 is 1.43. The molecule has 0 aliphatic carbocycles. The van der Waals surface area contributed by atoms with Crippen LogP contribution in [-0.4, -0.2) is 22.6 Å². The van der Waals surface area contributed by atoms with E-state index in [0.717, 1.165) is 28.1 Å². The molecule has 0 unspecified atom stereocenters. The molecule has 4 nitrogen and oxygen atoms in total. The third-order valence-corrected chi connectivity index (χ3v) is 5.10. The molecule has 0 aliphatic rings. The summed E-state index contributed by atoms with van der Waals surface area (Å²) in [5, 5.41) is 10.0. The van der Waals surface area contributed by atoms with Crippen LogP contribution in [0.3, 0.4) is 0 Å². The molecular formula is C21H21N3OS. The summed E-state index contributed by atoms with van der Waals surface area (Å²) in [6.07, 6.45) is 2.65. The van der Waals surface area contributed by atoms with E-state index in [4.69, 9.17) is 0 Å². The van der Waals surface area contributed by atoms with E-state index in [9.17, 15) is 4.79 Å². The Labute approximate surface area is 157 Å². The topological polar surface area (TPSA) is 46.1 Å². The van der Waals surface area contributed by atoms with E-state index in [1.165, 1.54) is 11.3 Å². The maximum absolute atomic E-state index is 13.0. The Kier molecular flexibility index (Phi) is 5.58. The molecular weight excluding hydrogens is 342 g/mol. The average Bonchev–Trinajstić information content (AvgIpc) is 3.16. The molecule has 0 radical (unpaired) electrons. The number of anilines is 1. The highest BCUT2D eigenvalue weighted by Gasteiger charge is 2.22. The molecule has 0 aliphatic heterocycles. The van der Waals surface area contributed by atoms with Gasteiger partial charge in [-0.1, -0.05) is 73.4 Å². The van der Waals surface area contributed by atoms with Crippen LogP contribution in [0.5, 0.6) is 0 Å². The largest absolute Gasteiger partial charge is 0.283 e. The van der Waals surface area contributed by atoms with Gasteiger partial charge in [0.2, 0.25) is 5.13 Å². The predicted molar refractivity (Wildman–Crippen MR) is 109 cm³/mol. The molecule has 0 saturated heterocycles. The molecule has 0 fully saturated rings. The molecule has 2 aromatic carbocycles. The lowest BCUT2D eigenvalue weighted by atomic mass is 10.1. The van der Waals surface area contributed by atoms with Crippen LogP contribution in [0.15, 0.2) is 55.1 Å². The Balaban J connectivity index is 1.91. The van der Waals surface area contributed by atoms with Crippen LogP contribution in [0, 0.1) is 6.92 Å². The lowest BCUT2D eigenvalue weighted by molar-refractivity contribution is 0.0986. The first-order valence-corrected chi connectivity index (χ1v) is 9.39. The SMILES string of the molecule is C=Cc1ccc(-c2nnc(N(CCC)C(=O)c3ccccc3C)s2)cc1. The summed E-state index contributed by atoms with van der Waals surface area (Å²) in [5.41, 5.74) is 3.70. The fraction of sp³-hybridized carbons (Fsp3) is 0.190. The van der Waals surface area contributed by atoms with E-state index in [-0.39, 0.29) is 5.91 Å². The number of nitrogens with zero attached hydrogens (tertiary/aromatic N) is 3. The minimum atomic E-state index is -0.0327. The van der Waals surface area contributed by atoms with Crippen LogP contribution < -0.4 is 4.90 Å². The van der Waals surface area contributed by atoms with Gasteiger partial charge in [-0.3, -0.25) is 9.69 Å². The number of benzene rings is 2. The fourth-order valence-corrected chi connectivity index (χ4v) is 3.54. The van der Waals surface area contributed by atoms with Gasteiger partial charge >= 0.3 is 0 Å². The van der Waals surface area contributed by atoms with Gasteiger partial charge in [0.25, 0.3) is 5.91 Å². The summed E-state index contributed by atoms with van der Waals surface area (Å²) in [7, 11) is 0. The van der Waals surface area contributed by atoms with E-state index < -0.39 is 0 Å². The molecule has 0 atom stereocenters. The van der Waals surface area contributed by atoms with Gasteiger partial charge in [-0.15, -0.1) is 10.2 Å². The zero-order valence-electron chi connectivity index (χ0n) is 15.0. The van der Waals surface area contributed by atoms with E-state index in [2.05, 4.69) is 16.8 Å². The summed E-state index contributed by atoms with van der Waals surface area (Å²) in [4.78, 5) is 14.8. The fourth-order valence-electron chi connectivity index (χ4n) is 2.67. The first-order chi connectivity index (χ1) is 12.6. The zero-order valence-corrected chi connectivity index (χ0v) is 15.8. The highest BCUT2D eigenvalue weighted by atomic mass is 32.1. The van der Waals surface area contributed by atoms with E-state index in [1.54, 1.807) is 11.0 Å². The number of carbonyl (C=O) groups excluding carboxylic acids is 1. The molecule has 0 bridgehead atoms. The van der Waals surface area contributed by atoms with Crippen molar-refractivity contribution in [3.05, 3.63) is 71.8 Å². The van der Waals surface area contributed by atoms with Gasteiger partial charge in [-0.2, -0.15) is 0 Å². The smallest absolute Gasteiger partial charge is 0.260 e. The molecule has 5 heteroatoms. The number of amides is 1. The molecule has 132 valence electrons. The molecule has 3 rings (SSSR count). The second-order valence-electron chi connectivity index (χ2n) is 5.99. The number of hydrogen-bond acceptors (Lipinski definition) is 4. The first kappa shape index (κ1) is 18.0. The Bertz CT molecular complexity index is 915. The van der Waals surface area contributed by atoms with Gasteiger partial charge in [0.05, 0.1) is 0 Å². The van der Waals surface area contributed by atoms with Gasteiger partial charge in [-0.05, 0) is 30.5 Å². The minimum absolute atomic E-state index is 0.0327. The first-order valence-electron chi connectivity index (χ1n) is 8.58. The van der Waals surface area contributed by atoms with Gasteiger partial charge in [0.15, 0.2) is 0 Å². The number of carbonyl (C=O) groups is 1. The lowest BCUT2D eigenvalue weighted by Gasteiger charge is -2.19. The standard InChI is InChI=1S/C21H21N3OS/c1-4-14-24(20(25)18-9-7-6-8-15(18)3)21-23-22-19(26-21)17-12-10-16(5-2)11-13-17/h5-13H,2,4,14H2,1,3H3.